The zero-order chi connectivity index (χ0) is 14.5. The van der Waals surface area contributed by atoms with Crippen molar-refractivity contribution in [3.63, 3.8) is 0 Å². The minimum absolute atomic E-state index is 0.0863. The normalized spacial score (nSPS) is 11.3. The number of esters is 1. The Balaban J connectivity index is 2.62. The van der Waals surface area contributed by atoms with Gasteiger partial charge in [0, 0.05) is 12.8 Å². The molecule has 0 aromatic carbocycles. The van der Waals surface area contributed by atoms with E-state index in [-0.39, 0.29) is 23.7 Å². The molecule has 0 atom stereocenters. The highest BCUT2D eigenvalue weighted by Crippen LogP contribution is 2.27. The zero-order valence-corrected chi connectivity index (χ0v) is 12.4. The number of nitrogen functional groups attached to an aromatic ring is 1. The van der Waals surface area contributed by atoms with E-state index in [2.05, 4.69) is 9.69 Å². The number of hydrogen-bond donors (Lipinski definition) is 2. The molecule has 0 aliphatic carbocycles. The van der Waals surface area contributed by atoms with Crippen molar-refractivity contribution < 1.29 is 17.9 Å². The van der Waals surface area contributed by atoms with Crippen LogP contribution in [0.25, 0.3) is 0 Å². The summed E-state index contributed by atoms with van der Waals surface area (Å²) in [5.74, 6) is -0.323. The van der Waals surface area contributed by atoms with Gasteiger partial charge in [-0.15, -0.1) is 0 Å². The van der Waals surface area contributed by atoms with Crippen molar-refractivity contribution in [3.8, 4) is 0 Å². The summed E-state index contributed by atoms with van der Waals surface area (Å²) in [7, 11) is -2.98. The van der Waals surface area contributed by atoms with E-state index in [0.717, 1.165) is 11.5 Å². The van der Waals surface area contributed by atoms with Gasteiger partial charge in [0.2, 0.25) is 0 Å². The van der Waals surface area contributed by atoms with E-state index >= 15 is 0 Å². The van der Waals surface area contributed by atoms with E-state index in [0.29, 0.717) is 18.0 Å². The molecule has 1 aromatic rings. The molecule has 0 saturated carbocycles. The predicted molar refractivity (Wildman–Crippen MR) is 75.3 cm³/mol. The van der Waals surface area contributed by atoms with Gasteiger partial charge in [0.15, 0.2) is 5.82 Å². The average Bonchev–Trinajstić information content (AvgIpc) is 2.65. The quantitative estimate of drug-likeness (QED) is 0.564. The van der Waals surface area contributed by atoms with Crippen LogP contribution in [0.5, 0.6) is 0 Å². The molecule has 0 unspecified atom stereocenters. The van der Waals surface area contributed by atoms with Crippen molar-refractivity contribution in [2.24, 2.45) is 0 Å². The third-order valence-electron chi connectivity index (χ3n) is 2.18. The van der Waals surface area contributed by atoms with Gasteiger partial charge in [-0.1, -0.05) is 0 Å². The lowest BCUT2D eigenvalue weighted by Gasteiger charge is -2.06. The number of anilines is 2. The first-order chi connectivity index (χ1) is 8.85. The first kappa shape index (κ1) is 15.7. The van der Waals surface area contributed by atoms with Gasteiger partial charge in [0.25, 0.3) is 0 Å². The van der Waals surface area contributed by atoms with E-state index in [1.807, 2.05) is 0 Å². The molecule has 0 aliphatic rings. The van der Waals surface area contributed by atoms with E-state index in [1.54, 1.807) is 6.92 Å². The molecular formula is C10H17N3O4S2. The topological polar surface area (TPSA) is 111 Å². The Morgan fingerprint density at radius 3 is 2.79 bits per heavy atom. The maximum absolute atomic E-state index is 11.7. The highest BCUT2D eigenvalue weighted by Gasteiger charge is 2.20. The summed E-state index contributed by atoms with van der Waals surface area (Å²) < 4.78 is 30.7. The predicted octanol–water partition coefficient (Wildman–Crippen LogP) is 0.749. The first-order valence-corrected chi connectivity index (χ1v) is 8.52. The van der Waals surface area contributed by atoms with Crippen LogP contribution in [-0.4, -0.2) is 43.9 Å². The number of hydrogen-bond acceptors (Lipinski definition) is 8. The molecule has 3 N–H and O–H groups in total. The number of nitrogens with one attached hydrogen (secondary N) is 1. The van der Waals surface area contributed by atoms with Crippen LogP contribution in [0.3, 0.4) is 0 Å². The molecule has 0 fully saturated rings. The molecule has 0 bridgehead atoms. The summed E-state index contributed by atoms with van der Waals surface area (Å²) in [5.41, 5.74) is 5.82. The van der Waals surface area contributed by atoms with Gasteiger partial charge in [0.05, 0.1) is 12.4 Å². The van der Waals surface area contributed by atoms with Crippen molar-refractivity contribution in [1.82, 2.24) is 4.37 Å². The minimum atomic E-state index is -2.98. The van der Waals surface area contributed by atoms with Crippen LogP contribution in [0.15, 0.2) is 0 Å². The number of aromatic nitrogens is 1. The van der Waals surface area contributed by atoms with E-state index < -0.39 is 15.8 Å². The molecule has 0 saturated heterocycles. The molecule has 0 amide bonds. The number of rotatable bonds is 7. The van der Waals surface area contributed by atoms with Gasteiger partial charge >= 0.3 is 5.97 Å². The Labute approximate surface area is 116 Å². The van der Waals surface area contributed by atoms with Crippen LogP contribution in [0, 0.1) is 0 Å². The highest BCUT2D eigenvalue weighted by atomic mass is 32.2. The van der Waals surface area contributed by atoms with Crippen molar-refractivity contribution in [2.75, 3.05) is 36.2 Å². The molecule has 1 rings (SSSR count). The Hall–Kier alpha value is -1.35. The Morgan fingerprint density at radius 2 is 2.21 bits per heavy atom. The second kappa shape index (κ2) is 6.71. The fourth-order valence-electron chi connectivity index (χ4n) is 1.36. The van der Waals surface area contributed by atoms with Crippen LogP contribution in [0.2, 0.25) is 0 Å². The average molecular weight is 307 g/mol. The standard InChI is InChI=1S/C10H17N3O4S2/c1-3-17-10(14)7-8(11)13-18-9(7)12-5-4-6-19(2,15)16/h12H,3-6H2,1-2H3,(H2,11,13). The maximum Gasteiger partial charge on any atom is 0.344 e. The Kier molecular flexibility index (Phi) is 5.55. The molecule has 1 aromatic heterocycles. The SMILES string of the molecule is CCOC(=O)c1c(N)nsc1NCCCS(C)(=O)=O. The van der Waals surface area contributed by atoms with E-state index in [4.69, 9.17) is 10.5 Å². The molecule has 19 heavy (non-hydrogen) atoms. The minimum Gasteiger partial charge on any atom is -0.462 e. The van der Waals surface area contributed by atoms with Crippen molar-refractivity contribution in [2.45, 2.75) is 13.3 Å². The van der Waals surface area contributed by atoms with Gasteiger partial charge in [-0.05, 0) is 24.9 Å². The van der Waals surface area contributed by atoms with Crippen LogP contribution < -0.4 is 11.1 Å². The third kappa shape index (κ3) is 5.03. The maximum atomic E-state index is 11.7. The summed E-state index contributed by atoms with van der Waals surface area (Å²) in [6.45, 7) is 2.37. The van der Waals surface area contributed by atoms with Crippen LogP contribution in [-0.2, 0) is 14.6 Å². The summed E-state index contributed by atoms with van der Waals surface area (Å²) in [6.07, 6.45) is 1.63. The second-order valence-electron chi connectivity index (χ2n) is 3.90. The smallest absolute Gasteiger partial charge is 0.344 e. The highest BCUT2D eigenvalue weighted by molar-refractivity contribution is 7.90. The van der Waals surface area contributed by atoms with Crippen LogP contribution in [0.4, 0.5) is 10.8 Å². The molecule has 0 spiro atoms. The summed E-state index contributed by atoms with van der Waals surface area (Å²) in [4.78, 5) is 11.7. The molecule has 9 heteroatoms. The Morgan fingerprint density at radius 1 is 1.53 bits per heavy atom. The lowest BCUT2D eigenvalue weighted by molar-refractivity contribution is 0.0529. The lowest BCUT2D eigenvalue weighted by atomic mass is 10.3. The zero-order valence-electron chi connectivity index (χ0n) is 10.8. The van der Waals surface area contributed by atoms with Crippen molar-refractivity contribution >= 4 is 38.2 Å². The summed E-state index contributed by atoms with van der Waals surface area (Å²) in [5, 5.41) is 3.46. The number of ether oxygens (including phenoxy) is 1. The van der Waals surface area contributed by atoms with Gasteiger partial charge in [-0.25, -0.2) is 13.2 Å². The fraction of sp³-hybridized carbons (Fsp3) is 0.600. The summed E-state index contributed by atoms with van der Waals surface area (Å²) in [6, 6.07) is 0. The van der Waals surface area contributed by atoms with Gasteiger partial charge < -0.3 is 15.8 Å². The van der Waals surface area contributed by atoms with E-state index in [1.165, 1.54) is 6.26 Å². The first-order valence-electron chi connectivity index (χ1n) is 5.69. The molecule has 1 heterocycles. The molecule has 108 valence electrons. The number of nitrogens with two attached hydrogens (primary N) is 1. The van der Waals surface area contributed by atoms with Gasteiger partial charge in [-0.3, -0.25) is 0 Å². The fourth-order valence-corrected chi connectivity index (χ4v) is 2.76. The second-order valence-corrected chi connectivity index (χ2v) is 6.94. The van der Waals surface area contributed by atoms with Crippen LogP contribution in [0.1, 0.15) is 23.7 Å². The number of sulfone groups is 1. The van der Waals surface area contributed by atoms with Crippen LogP contribution >= 0.6 is 11.5 Å². The van der Waals surface area contributed by atoms with Crippen molar-refractivity contribution in [1.29, 1.82) is 0 Å². The van der Waals surface area contributed by atoms with E-state index in [9.17, 15) is 13.2 Å². The van der Waals surface area contributed by atoms with Gasteiger partial charge in [0.1, 0.15) is 20.4 Å². The number of nitrogens with zero attached hydrogens (tertiary/aromatic N) is 1. The monoisotopic (exact) mass is 307 g/mol. The number of carbonyl (C=O) groups excluding carboxylic acids is 1. The molecule has 0 radical (unpaired) electrons. The third-order valence-corrected chi connectivity index (χ3v) is 4.02. The Bertz CT molecular complexity index is 539. The molecular weight excluding hydrogens is 290 g/mol. The largest absolute Gasteiger partial charge is 0.462 e. The molecule has 7 nitrogen and oxygen atoms in total. The molecule has 0 aliphatic heterocycles. The van der Waals surface area contributed by atoms with Crippen molar-refractivity contribution in [3.05, 3.63) is 5.56 Å². The summed E-state index contributed by atoms with van der Waals surface area (Å²) >= 11 is 1.05. The van der Waals surface area contributed by atoms with Gasteiger partial charge in [-0.2, -0.15) is 4.37 Å². The number of carbonyl (C=O) groups is 1. The lowest BCUT2D eigenvalue weighted by Crippen LogP contribution is -2.12.